The van der Waals surface area contributed by atoms with Crippen molar-refractivity contribution in [1.29, 1.82) is 0 Å². The third-order valence-corrected chi connectivity index (χ3v) is 12.0. The zero-order chi connectivity index (χ0) is 24.5. The molecule has 3 aromatic carbocycles. The van der Waals surface area contributed by atoms with Crippen LogP contribution in [-0.2, 0) is 20.5 Å². The van der Waals surface area contributed by atoms with Crippen LogP contribution in [-0.4, -0.2) is 26.8 Å². The smallest absolute Gasteiger partial charge is 0.261 e. The minimum absolute atomic E-state index is 0.116. The highest BCUT2D eigenvalue weighted by Crippen LogP contribution is 2.47. The van der Waals surface area contributed by atoms with Crippen LogP contribution in [0.15, 0.2) is 91.0 Å². The zero-order valence-electron chi connectivity index (χ0n) is 21.4. The lowest BCUT2D eigenvalue weighted by Crippen LogP contribution is -2.70. The van der Waals surface area contributed by atoms with Crippen LogP contribution >= 0.6 is 0 Å². The molecule has 0 bridgehead atoms. The van der Waals surface area contributed by atoms with Crippen LogP contribution in [0.5, 0.6) is 0 Å². The van der Waals surface area contributed by atoms with Gasteiger partial charge in [-0.3, -0.25) is 0 Å². The molecule has 0 aromatic heterocycles. The van der Waals surface area contributed by atoms with Crippen molar-refractivity contribution in [1.82, 2.24) is 0 Å². The first-order chi connectivity index (χ1) is 16.1. The fourth-order valence-electron chi connectivity index (χ4n) is 5.24. The molecule has 34 heavy (non-hydrogen) atoms. The fraction of sp³-hybridized carbons (Fsp3) is 0.400. The molecule has 0 spiro atoms. The van der Waals surface area contributed by atoms with Gasteiger partial charge in [0.05, 0.1) is 13.2 Å². The van der Waals surface area contributed by atoms with E-state index in [9.17, 15) is 0 Å². The number of rotatable bonds is 7. The standard InChI is InChI=1S/C30H38O3Si/c1-28(2,3)34(25-18-12-8-13-19-25,26-20-14-9-15-21-26)33-27-29(4,5)23-32-30(27,6)31-22-24-16-10-7-11-17-24/h7-21,27H,22-23H2,1-6H3/t27-,30?/m1/s1. The molecule has 3 aromatic rings. The van der Waals surface area contributed by atoms with Gasteiger partial charge >= 0.3 is 0 Å². The maximum atomic E-state index is 7.54. The van der Waals surface area contributed by atoms with Gasteiger partial charge < -0.3 is 13.9 Å². The second-order valence-corrected chi connectivity index (χ2v) is 15.5. The quantitative estimate of drug-likeness (QED) is 0.398. The summed E-state index contributed by atoms with van der Waals surface area (Å²) in [6.07, 6.45) is -0.241. The van der Waals surface area contributed by atoms with E-state index < -0.39 is 14.1 Å². The summed E-state index contributed by atoms with van der Waals surface area (Å²) in [6, 6.07) is 31.8. The van der Waals surface area contributed by atoms with Gasteiger partial charge in [0, 0.05) is 5.41 Å². The first-order valence-electron chi connectivity index (χ1n) is 12.2. The first-order valence-corrected chi connectivity index (χ1v) is 14.1. The molecule has 1 heterocycles. The molecule has 2 atom stereocenters. The van der Waals surface area contributed by atoms with Crippen LogP contribution in [0.2, 0.25) is 5.04 Å². The summed E-state index contributed by atoms with van der Waals surface area (Å²) in [6.45, 7) is 14.5. The molecule has 0 amide bonds. The molecule has 3 nitrogen and oxygen atoms in total. The van der Waals surface area contributed by atoms with Crippen molar-refractivity contribution in [2.75, 3.05) is 6.61 Å². The van der Waals surface area contributed by atoms with Gasteiger partial charge in [-0.05, 0) is 27.9 Å². The van der Waals surface area contributed by atoms with Crippen LogP contribution in [0.1, 0.15) is 47.1 Å². The fourth-order valence-corrected chi connectivity index (χ4v) is 10.1. The Morgan fingerprint density at radius 1 is 0.794 bits per heavy atom. The van der Waals surface area contributed by atoms with Gasteiger partial charge in [0.15, 0.2) is 5.79 Å². The summed E-state index contributed by atoms with van der Waals surface area (Å²) in [4.78, 5) is 0. The second kappa shape index (κ2) is 9.42. The van der Waals surface area contributed by atoms with Crippen molar-refractivity contribution < 1.29 is 13.9 Å². The van der Waals surface area contributed by atoms with Gasteiger partial charge in [0.2, 0.25) is 0 Å². The highest BCUT2D eigenvalue weighted by molar-refractivity contribution is 6.99. The van der Waals surface area contributed by atoms with Crippen LogP contribution in [0.4, 0.5) is 0 Å². The van der Waals surface area contributed by atoms with Gasteiger partial charge in [-0.1, -0.05) is 126 Å². The molecule has 0 saturated carbocycles. The lowest BCUT2D eigenvalue weighted by atomic mass is 9.86. The summed E-state index contributed by atoms with van der Waals surface area (Å²) < 4.78 is 20.5. The average molecular weight is 475 g/mol. The summed E-state index contributed by atoms with van der Waals surface area (Å²) in [5.74, 6) is -0.855. The van der Waals surface area contributed by atoms with Gasteiger partial charge in [-0.25, -0.2) is 0 Å². The normalized spacial score (nSPS) is 22.6. The van der Waals surface area contributed by atoms with Crippen molar-refractivity contribution >= 4 is 18.7 Å². The Kier molecular flexibility index (Phi) is 6.89. The van der Waals surface area contributed by atoms with Crippen LogP contribution in [0, 0.1) is 5.41 Å². The zero-order valence-corrected chi connectivity index (χ0v) is 22.4. The topological polar surface area (TPSA) is 27.7 Å². The number of hydrogen-bond donors (Lipinski definition) is 0. The number of hydrogen-bond acceptors (Lipinski definition) is 3. The van der Waals surface area contributed by atoms with E-state index in [4.69, 9.17) is 13.9 Å². The Labute approximate surface area is 206 Å². The van der Waals surface area contributed by atoms with Crippen molar-refractivity contribution in [3.8, 4) is 0 Å². The Hall–Kier alpha value is -2.24. The molecule has 0 aliphatic carbocycles. The van der Waals surface area contributed by atoms with E-state index in [1.165, 1.54) is 10.4 Å². The summed E-state index contributed by atoms with van der Waals surface area (Å²) in [5.41, 5.74) is 0.916. The lowest BCUT2D eigenvalue weighted by molar-refractivity contribution is -0.238. The molecule has 0 radical (unpaired) electrons. The van der Waals surface area contributed by atoms with E-state index in [1.54, 1.807) is 0 Å². The van der Waals surface area contributed by atoms with Crippen molar-refractivity contribution in [3.05, 3.63) is 96.6 Å². The van der Waals surface area contributed by atoms with Gasteiger partial charge in [-0.2, -0.15) is 0 Å². The van der Waals surface area contributed by atoms with E-state index in [1.807, 2.05) is 25.1 Å². The summed E-state index contributed by atoms with van der Waals surface area (Å²) in [5, 5.41) is 2.41. The minimum atomic E-state index is -2.76. The second-order valence-electron chi connectivity index (χ2n) is 11.2. The Balaban J connectivity index is 1.80. The maximum absolute atomic E-state index is 7.54. The van der Waals surface area contributed by atoms with Crippen molar-refractivity contribution in [2.45, 2.75) is 65.1 Å². The number of benzene rings is 3. The summed E-state index contributed by atoms with van der Waals surface area (Å²) >= 11 is 0. The molecule has 1 saturated heterocycles. The molecule has 4 heteroatoms. The van der Waals surface area contributed by atoms with Gasteiger partial charge in [0.1, 0.15) is 6.10 Å². The van der Waals surface area contributed by atoms with Crippen molar-refractivity contribution in [3.63, 3.8) is 0 Å². The van der Waals surface area contributed by atoms with Crippen LogP contribution in [0.25, 0.3) is 0 Å². The van der Waals surface area contributed by atoms with E-state index >= 15 is 0 Å². The maximum Gasteiger partial charge on any atom is 0.261 e. The van der Waals surface area contributed by atoms with E-state index in [0.717, 1.165) is 5.56 Å². The predicted molar refractivity (Wildman–Crippen MR) is 142 cm³/mol. The van der Waals surface area contributed by atoms with Crippen LogP contribution < -0.4 is 10.4 Å². The van der Waals surface area contributed by atoms with Gasteiger partial charge in [-0.15, -0.1) is 0 Å². The Morgan fingerprint density at radius 2 is 1.26 bits per heavy atom. The van der Waals surface area contributed by atoms with Crippen molar-refractivity contribution in [2.24, 2.45) is 5.41 Å². The Morgan fingerprint density at radius 3 is 1.74 bits per heavy atom. The van der Waals surface area contributed by atoms with E-state index in [2.05, 4.69) is 107 Å². The highest BCUT2D eigenvalue weighted by atomic mass is 28.4. The SMILES string of the molecule is CC1(C)COC(C)(OCc2ccccc2)[C@@H]1O[Si](c1ccccc1)(c1ccccc1)C(C)(C)C. The third kappa shape index (κ3) is 4.65. The molecule has 1 aliphatic heterocycles. The molecule has 1 unspecified atom stereocenters. The highest BCUT2D eigenvalue weighted by Gasteiger charge is 2.60. The van der Waals surface area contributed by atoms with Crippen LogP contribution in [0.3, 0.4) is 0 Å². The average Bonchev–Trinajstić information content (AvgIpc) is 3.06. The number of ether oxygens (including phenoxy) is 2. The third-order valence-electron chi connectivity index (χ3n) is 7.00. The first kappa shape index (κ1) is 24.9. The molecule has 180 valence electrons. The molecule has 1 fully saturated rings. The molecular weight excluding hydrogens is 436 g/mol. The molecule has 4 rings (SSSR count). The van der Waals surface area contributed by atoms with E-state index in [0.29, 0.717) is 13.2 Å². The molecule has 1 aliphatic rings. The Bertz CT molecular complexity index is 1020. The largest absolute Gasteiger partial charge is 0.398 e. The van der Waals surface area contributed by atoms with Gasteiger partial charge in [0.25, 0.3) is 8.32 Å². The van der Waals surface area contributed by atoms with E-state index in [-0.39, 0.29) is 16.6 Å². The summed E-state index contributed by atoms with van der Waals surface area (Å²) in [7, 11) is -2.76. The molecular formula is C30H38O3Si. The molecule has 0 N–H and O–H groups in total. The monoisotopic (exact) mass is 474 g/mol. The predicted octanol–water partition coefficient (Wildman–Crippen LogP) is 5.92. The minimum Gasteiger partial charge on any atom is -0.398 e. The lowest BCUT2D eigenvalue weighted by Gasteiger charge is -2.48.